The molecule has 1 aromatic rings. The lowest BCUT2D eigenvalue weighted by Crippen LogP contribution is -2.29. The van der Waals surface area contributed by atoms with Crippen LogP contribution in [0.2, 0.25) is 0 Å². The highest BCUT2D eigenvalue weighted by Gasteiger charge is 2.30. The summed E-state index contributed by atoms with van der Waals surface area (Å²) in [6.45, 7) is 3.29. The third-order valence-electron chi connectivity index (χ3n) is 5.22. The number of methoxy groups -OCH3 is 1. The Morgan fingerprint density at radius 1 is 1.14 bits per heavy atom. The van der Waals surface area contributed by atoms with Crippen molar-refractivity contribution in [3.63, 3.8) is 0 Å². The third-order valence-corrected chi connectivity index (χ3v) is 5.22. The van der Waals surface area contributed by atoms with Gasteiger partial charge in [-0.25, -0.2) is 0 Å². The van der Waals surface area contributed by atoms with Gasteiger partial charge >= 0.3 is 0 Å². The largest absolute Gasteiger partial charge is 0.496 e. The second-order valence-corrected chi connectivity index (χ2v) is 6.72. The number of hydrogen-bond acceptors (Lipinski definition) is 2. The lowest BCUT2D eigenvalue weighted by molar-refractivity contribution is 0.157. The molecule has 1 N–H and O–H groups in total. The predicted molar refractivity (Wildman–Crippen MR) is 90.1 cm³/mol. The number of ether oxygens (including phenoxy) is 1. The van der Waals surface area contributed by atoms with Gasteiger partial charge in [-0.15, -0.1) is 0 Å². The van der Waals surface area contributed by atoms with Gasteiger partial charge in [-0.1, -0.05) is 31.4 Å². The Morgan fingerprint density at radius 2 is 1.90 bits per heavy atom. The highest BCUT2D eigenvalue weighted by atomic mass is 16.5. The Morgan fingerprint density at radius 3 is 2.52 bits per heavy atom. The summed E-state index contributed by atoms with van der Waals surface area (Å²) in [6.07, 6.45) is 11.0. The van der Waals surface area contributed by atoms with Crippen LogP contribution in [0.3, 0.4) is 0 Å². The number of nitrogens with one attached hydrogen (secondary N) is 1. The molecule has 0 aliphatic heterocycles. The molecular formula is C19H31NO. The van der Waals surface area contributed by atoms with Crippen LogP contribution in [-0.4, -0.2) is 20.7 Å². The van der Waals surface area contributed by atoms with E-state index in [1.807, 2.05) is 0 Å². The van der Waals surface area contributed by atoms with E-state index in [1.165, 1.54) is 62.5 Å². The second-order valence-electron chi connectivity index (χ2n) is 6.72. The Bertz CT molecular complexity index is 435. The van der Waals surface area contributed by atoms with E-state index in [-0.39, 0.29) is 0 Å². The first kappa shape index (κ1) is 16.4. The normalized spacial score (nSPS) is 17.7. The van der Waals surface area contributed by atoms with E-state index in [2.05, 4.69) is 37.5 Å². The molecule has 1 saturated carbocycles. The van der Waals surface area contributed by atoms with Crippen LogP contribution < -0.4 is 10.1 Å². The van der Waals surface area contributed by atoms with Crippen molar-refractivity contribution >= 4 is 0 Å². The molecule has 1 aliphatic carbocycles. The molecule has 2 rings (SSSR count). The summed E-state index contributed by atoms with van der Waals surface area (Å²) in [5, 5.41) is 3.35. The Kier molecular flexibility index (Phi) is 6.10. The van der Waals surface area contributed by atoms with E-state index < -0.39 is 0 Å². The topological polar surface area (TPSA) is 21.3 Å². The average Bonchev–Trinajstić information content (AvgIpc) is 2.52. The van der Waals surface area contributed by atoms with Crippen LogP contribution in [-0.2, 0) is 6.42 Å². The molecule has 2 heteroatoms. The first-order valence-electron chi connectivity index (χ1n) is 8.47. The Hall–Kier alpha value is -1.02. The maximum absolute atomic E-state index is 5.36. The van der Waals surface area contributed by atoms with Crippen molar-refractivity contribution in [2.24, 2.45) is 5.41 Å². The predicted octanol–water partition coefficient (Wildman–Crippen LogP) is 4.50. The van der Waals surface area contributed by atoms with Gasteiger partial charge in [0.15, 0.2) is 0 Å². The van der Waals surface area contributed by atoms with Gasteiger partial charge < -0.3 is 10.1 Å². The molecule has 21 heavy (non-hydrogen) atoms. The van der Waals surface area contributed by atoms with Crippen molar-refractivity contribution < 1.29 is 4.74 Å². The SMILES string of the molecule is CNCCC1(CCc2ccc(OC)c(C)c2)CCCCC1. The summed E-state index contributed by atoms with van der Waals surface area (Å²) in [6, 6.07) is 6.65. The third kappa shape index (κ3) is 4.47. The van der Waals surface area contributed by atoms with Gasteiger partial charge in [-0.05, 0) is 75.2 Å². The standard InChI is InChI=1S/C19H31NO/c1-16-15-17(7-8-18(16)21-3)9-12-19(13-14-20-2)10-5-4-6-11-19/h7-8,15,20H,4-6,9-14H2,1-3H3. The lowest BCUT2D eigenvalue weighted by Gasteiger charge is -2.38. The van der Waals surface area contributed by atoms with E-state index in [9.17, 15) is 0 Å². The zero-order valence-electron chi connectivity index (χ0n) is 14.0. The second kappa shape index (κ2) is 7.84. The molecular weight excluding hydrogens is 258 g/mol. The summed E-state index contributed by atoms with van der Waals surface area (Å²) in [5.74, 6) is 1.00. The van der Waals surface area contributed by atoms with Gasteiger partial charge in [0.2, 0.25) is 0 Å². The minimum absolute atomic E-state index is 0.578. The maximum atomic E-state index is 5.36. The van der Waals surface area contributed by atoms with E-state index in [0.717, 1.165) is 12.3 Å². The Labute approximate surface area is 130 Å². The smallest absolute Gasteiger partial charge is 0.121 e. The molecule has 0 spiro atoms. The van der Waals surface area contributed by atoms with Gasteiger partial charge in [0, 0.05) is 0 Å². The van der Waals surface area contributed by atoms with Gasteiger partial charge in [0.05, 0.1) is 7.11 Å². The quantitative estimate of drug-likeness (QED) is 0.798. The molecule has 0 saturated heterocycles. The fourth-order valence-corrected chi connectivity index (χ4v) is 3.82. The van der Waals surface area contributed by atoms with Crippen LogP contribution in [0.25, 0.3) is 0 Å². The van der Waals surface area contributed by atoms with Gasteiger partial charge in [0.25, 0.3) is 0 Å². The van der Waals surface area contributed by atoms with Gasteiger partial charge in [-0.3, -0.25) is 0 Å². The van der Waals surface area contributed by atoms with Crippen LogP contribution in [0.15, 0.2) is 18.2 Å². The van der Waals surface area contributed by atoms with Crippen molar-refractivity contribution in [2.45, 2.75) is 58.3 Å². The summed E-state index contributed by atoms with van der Waals surface area (Å²) in [5.41, 5.74) is 3.29. The van der Waals surface area contributed by atoms with Crippen LogP contribution in [0.1, 0.15) is 56.1 Å². The highest BCUT2D eigenvalue weighted by Crippen LogP contribution is 2.43. The average molecular weight is 289 g/mol. The van der Waals surface area contributed by atoms with Crippen molar-refractivity contribution in [1.82, 2.24) is 5.32 Å². The summed E-state index contributed by atoms with van der Waals surface area (Å²) in [7, 11) is 3.82. The molecule has 2 nitrogen and oxygen atoms in total. The zero-order valence-corrected chi connectivity index (χ0v) is 14.0. The number of rotatable bonds is 7. The molecule has 0 unspecified atom stereocenters. The number of hydrogen-bond donors (Lipinski definition) is 1. The molecule has 1 fully saturated rings. The van der Waals surface area contributed by atoms with E-state index in [4.69, 9.17) is 4.74 Å². The molecule has 1 aliphatic rings. The van der Waals surface area contributed by atoms with Crippen LogP contribution in [0.5, 0.6) is 5.75 Å². The van der Waals surface area contributed by atoms with E-state index >= 15 is 0 Å². The van der Waals surface area contributed by atoms with Crippen LogP contribution in [0.4, 0.5) is 0 Å². The summed E-state index contributed by atoms with van der Waals surface area (Å²) >= 11 is 0. The van der Waals surface area contributed by atoms with Crippen LogP contribution >= 0.6 is 0 Å². The molecule has 0 radical (unpaired) electrons. The first-order chi connectivity index (χ1) is 10.2. The minimum Gasteiger partial charge on any atom is -0.496 e. The van der Waals surface area contributed by atoms with Crippen molar-refractivity contribution in [1.29, 1.82) is 0 Å². The molecule has 0 aromatic heterocycles. The molecule has 0 amide bonds. The molecule has 118 valence electrons. The first-order valence-corrected chi connectivity index (χ1v) is 8.47. The fourth-order valence-electron chi connectivity index (χ4n) is 3.82. The van der Waals surface area contributed by atoms with Gasteiger partial charge in [0.1, 0.15) is 5.75 Å². The molecule has 0 heterocycles. The maximum Gasteiger partial charge on any atom is 0.121 e. The lowest BCUT2D eigenvalue weighted by atomic mass is 9.68. The zero-order chi connectivity index (χ0) is 15.1. The molecule has 0 atom stereocenters. The highest BCUT2D eigenvalue weighted by molar-refractivity contribution is 5.36. The van der Waals surface area contributed by atoms with Crippen molar-refractivity contribution in [3.05, 3.63) is 29.3 Å². The summed E-state index contributed by atoms with van der Waals surface area (Å²) < 4.78 is 5.36. The van der Waals surface area contributed by atoms with Crippen molar-refractivity contribution in [2.75, 3.05) is 20.7 Å². The van der Waals surface area contributed by atoms with E-state index in [0.29, 0.717) is 5.41 Å². The fraction of sp³-hybridized carbons (Fsp3) is 0.684. The number of aryl methyl sites for hydroxylation is 2. The molecule has 1 aromatic carbocycles. The monoisotopic (exact) mass is 289 g/mol. The summed E-state index contributed by atoms with van der Waals surface area (Å²) in [4.78, 5) is 0. The van der Waals surface area contributed by atoms with Gasteiger partial charge in [-0.2, -0.15) is 0 Å². The Balaban J connectivity index is 1.99. The minimum atomic E-state index is 0.578. The van der Waals surface area contributed by atoms with E-state index in [1.54, 1.807) is 7.11 Å². The molecule has 0 bridgehead atoms. The van der Waals surface area contributed by atoms with Crippen molar-refractivity contribution in [3.8, 4) is 5.75 Å². The van der Waals surface area contributed by atoms with Crippen LogP contribution in [0, 0.1) is 12.3 Å². The number of benzene rings is 1.